The quantitative estimate of drug-likeness (QED) is 0.880. The molecule has 1 aromatic heterocycles. The van der Waals surface area contributed by atoms with E-state index in [1.165, 1.54) is 18.5 Å². The van der Waals surface area contributed by atoms with E-state index in [1.54, 1.807) is 18.5 Å². The molecule has 88 valence electrons. The average Bonchev–Trinajstić information content (AvgIpc) is 2.35. The lowest BCUT2D eigenvalue weighted by atomic mass is 9.98. The van der Waals surface area contributed by atoms with Crippen LogP contribution < -0.4 is 5.73 Å². The predicted octanol–water partition coefficient (Wildman–Crippen LogP) is 2.17. The molecule has 1 unspecified atom stereocenters. The van der Waals surface area contributed by atoms with Crippen molar-refractivity contribution >= 4 is 0 Å². The minimum Gasteiger partial charge on any atom is -0.324 e. The zero-order valence-corrected chi connectivity index (χ0v) is 9.60. The van der Waals surface area contributed by atoms with Crippen LogP contribution in [0, 0.1) is 12.7 Å². The van der Waals surface area contributed by atoms with Crippen LogP contribution in [-0.4, -0.2) is 9.97 Å². The van der Waals surface area contributed by atoms with E-state index in [2.05, 4.69) is 9.97 Å². The second-order valence-corrected chi connectivity index (χ2v) is 4.05. The van der Waals surface area contributed by atoms with Crippen molar-refractivity contribution in [3.63, 3.8) is 0 Å². The van der Waals surface area contributed by atoms with Gasteiger partial charge in [-0.3, -0.25) is 0 Å². The second kappa shape index (κ2) is 5.01. The summed E-state index contributed by atoms with van der Waals surface area (Å²) in [5.74, 6) is -0.234. The zero-order chi connectivity index (χ0) is 12.3. The molecule has 3 nitrogen and oxygen atoms in total. The van der Waals surface area contributed by atoms with Gasteiger partial charge in [-0.15, -0.1) is 0 Å². The molecule has 4 heteroatoms. The normalized spacial score (nSPS) is 12.4. The third kappa shape index (κ3) is 2.85. The topological polar surface area (TPSA) is 51.8 Å². The van der Waals surface area contributed by atoms with E-state index in [0.29, 0.717) is 6.42 Å². The predicted molar refractivity (Wildman–Crippen MR) is 63.8 cm³/mol. The van der Waals surface area contributed by atoms with Gasteiger partial charge >= 0.3 is 0 Å². The minimum absolute atomic E-state index is 0.211. The molecule has 0 saturated heterocycles. The molecule has 1 aromatic carbocycles. The Bertz CT molecular complexity index is 499. The van der Waals surface area contributed by atoms with Crippen LogP contribution in [0.4, 0.5) is 4.39 Å². The highest BCUT2D eigenvalue weighted by Crippen LogP contribution is 2.18. The summed E-state index contributed by atoms with van der Waals surface area (Å²) in [5.41, 5.74) is 8.86. The van der Waals surface area contributed by atoms with E-state index in [9.17, 15) is 4.39 Å². The molecule has 0 spiro atoms. The molecular formula is C13H14FN3. The molecule has 0 aliphatic heterocycles. The second-order valence-electron chi connectivity index (χ2n) is 4.05. The molecule has 0 saturated carbocycles. The van der Waals surface area contributed by atoms with Crippen LogP contribution in [0.1, 0.15) is 22.7 Å². The van der Waals surface area contributed by atoms with E-state index in [-0.39, 0.29) is 11.9 Å². The van der Waals surface area contributed by atoms with Gasteiger partial charge < -0.3 is 5.73 Å². The third-order valence-electron chi connectivity index (χ3n) is 2.76. The highest BCUT2D eigenvalue weighted by Gasteiger charge is 2.09. The maximum absolute atomic E-state index is 13.1. The number of aromatic nitrogens is 2. The lowest BCUT2D eigenvalue weighted by molar-refractivity contribution is 0.620. The maximum Gasteiger partial charge on any atom is 0.123 e. The number of benzene rings is 1. The summed E-state index contributed by atoms with van der Waals surface area (Å²) < 4.78 is 13.1. The number of hydrogen-bond acceptors (Lipinski definition) is 3. The summed E-state index contributed by atoms with van der Waals surface area (Å²) in [7, 11) is 0. The van der Waals surface area contributed by atoms with Crippen molar-refractivity contribution < 1.29 is 4.39 Å². The smallest absolute Gasteiger partial charge is 0.123 e. The SMILES string of the molecule is Cc1ccc(F)cc1CC(N)c1cncnc1. The van der Waals surface area contributed by atoms with E-state index >= 15 is 0 Å². The Labute approximate surface area is 99.5 Å². The molecule has 0 aliphatic rings. The fourth-order valence-electron chi connectivity index (χ4n) is 1.72. The number of nitrogens with two attached hydrogens (primary N) is 1. The van der Waals surface area contributed by atoms with Gasteiger partial charge in [-0.05, 0) is 36.6 Å². The molecule has 1 atom stereocenters. The summed E-state index contributed by atoms with van der Waals surface area (Å²) in [6, 6.07) is 4.53. The van der Waals surface area contributed by atoms with E-state index in [0.717, 1.165) is 16.7 Å². The number of hydrogen-bond donors (Lipinski definition) is 1. The molecule has 0 fully saturated rings. The first-order valence-corrected chi connectivity index (χ1v) is 5.42. The van der Waals surface area contributed by atoms with Gasteiger partial charge in [0.25, 0.3) is 0 Å². The third-order valence-corrected chi connectivity index (χ3v) is 2.76. The number of rotatable bonds is 3. The summed E-state index contributed by atoms with van der Waals surface area (Å²) in [5, 5.41) is 0. The largest absolute Gasteiger partial charge is 0.324 e. The monoisotopic (exact) mass is 231 g/mol. The van der Waals surface area contributed by atoms with Gasteiger partial charge in [-0.2, -0.15) is 0 Å². The molecule has 0 radical (unpaired) electrons. The first-order valence-electron chi connectivity index (χ1n) is 5.42. The lowest BCUT2D eigenvalue weighted by Gasteiger charge is -2.13. The highest BCUT2D eigenvalue weighted by molar-refractivity contribution is 5.28. The summed E-state index contributed by atoms with van der Waals surface area (Å²) in [6.07, 6.45) is 5.42. The van der Waals surface area contributed by atoms with Crippen molar-refractivity contribution in [2.45, 2.75) is 19.4 Å². The fourth-order valence-corrected chi connectivity index (χ4v) is 1.72. The summed E-state index contributed by atoms with van der Waals surface area (Å²) in [6.45, 7) is 1.95. The van der Waals surface area contributed by atoms with Gasteiger partial charge in [0.05, 0.1) is 0 Å². The van der Waals surface area contributed by atoms with Crippen molar-refractivity contribution in [1.82, 2.24) is 9.97 Å². The average molecular weight is 231 g/mol. The zero-order valence-electron chi connectivity index (χ0n) is 9.60. The Kier molecular flexibility index (Phi) is 3.44. The van der Waals surface area contributed by atoms with Crippen molar-refractivity contribution in [2.24, 2.45) is 5.73 Å². The lowest BCUT2D eigenvalue weighted by Crippen LogP contribution is -2.14. The minimum atomic E-state index is -0.234. The van der Waals surface area contributed by atoms with Crippen molar-refractivity contribution in [2.75, 3.05) is 0 Å². The summed E-state index contributed by atoms with van der Waals surface area (Å²) in [4.78, 5) is 7.84. The maximum atomic E-state index is 13.1. The van der Waals surface area contributed by atoms with Crippen LogP contribution in [0.3, 0.4) is 0 Å². The van der Waals surface area contributed by atoms with E-state index in [1.807, 2.05) is 6.92 Å². The van der Waals surface area contributed by atoms with Gasteiger partial charge in [0.1, 0.15) is 12.1 Å². The fraction of sp³-hybridized carbons (Fsp3) is 0.231. The van der Waals surface area contributed by atoms with Crippen LogP contribution in [-0.2, 0) is 6.42 Å². The number of halogens is 1. The van der Waals surface area contributed by atoms with E-state index in [4.69, 9.17) is 5.73 Å². The first kappa shape index (κ1) is 11.7. The molecule has 1 heterocycles. The first-order chi connectivity index (χ1) is 8.16. The van der Waals surface area contributed by atoms with E-state index < -0.39 is 0 Å². The molecule has 0 bridgehead atoms. The standard InChI is InChI=1S/C13H14FN3/c1-9-2-3-12(14)4-10(9)5-13(15)11-6-16-8-17-7-11/h2-4,6-8,13H,5,15H2,1H3. The Morgan fingerprint density at radius 1 is 1.29 bits per heavy atom. The van der Waals surface area contributed by atoms with Crippen LogP contribution in [0.15, 0.2) is 36.9 Å². The Balaban J connectivity index is 2.18. The van der Waals surface area contributed by atoms with Crippen LogP contribution in [0.5, 0.6) is 0 Å². The summed E-state index contributed by atoms with van der Waals surface area (Å²) >= 11 is 0. The molecule has 17 heavy (non-hydrogen) atoms. The number of aryl methyl sites for hydroxylation is 1. The molecule has 2 rings (SSSR count). The van der Waals surface area contributed by atoms with Gasteiger partial charge in [-0.1, -0.05) is 6.07 Å². The van der Waals surface area contributed by atoms with Crippen molar-refractivity contribution in [3.8, 4) is 0 Å². The van der Waals surface area contributed by atoms with Gasteiger partial charge in [0.2, 0.25) is 0 Å². The van der Waals surface area contributed by atoms with Crippen molar-refractivity contribution in [3.05, 3.63) is 59.4 Å². The molecule has 0 amide bonds. The van der Waals surface area contributed by atoms with Crippen LogP contribution in [0.25, 0.3) is 0 Å². The molecule has 0 aliphatic carbocycles. The Hall–Kier alpha value is -1.81. The Morgan fingerprint density at radius 2 is 2.00 bits per heavy atom. The molecule has 2 aromatic rings. The van der Waals surface area contributed by atoms with Gasteiger partial charge in [-0.25, -0.2) is 14.4 Å². The van der Waals surface area contributed by atoms with Crippen LogP contribution >= 0.6 is 0 Å². The highest BCUT2D eigenvalue weighted by atomic mass is 19.1. The Morgan fingerprint density at radius 3 is 2.71 bits per heavy atom. The van der Waals surface area contributed by atoms with Gasteiger partial charge in [0, 0.05) is 24.0 Å². The van der Waals surface area contributed by atoms with Gasteiger partial charge in [0.15, 0.2) is 0 Å². The molecular weight excluding hydrogens is 217 g/mol. The molecule has 2 N–H and O–H groups in total. The van der Waals surface area contributed by atoms with Crippen molar-refractivity contribution in [1.29, 1.82) is 0 Å². The van der Waals surface area contributed by atoms with Crippen LogP contribution in [0.2, 0.25) is 0 Å². The number of nitrogens with zero attached hydrogens (tertiary/aromatic N) is 2.